The van der Waals surface area contributed by atoms with Crippen LogP contribution >= 0.6 is 0 Å². The van der Waals surface area contributed by atoms with Gasteiger partial charge in [-0.1, -0.05) is 22.9 Å². The number of carboxylic acid groups (broad SMARTS) is 1. The summed E-state index contributed by atoms with van der Waals surface area (Å²) >= 11 is 0. The van der Waals surface area contributed by atoms with Crippen LogP contribution in [0, 0.1) is 13.8 Å². The van der Waals surface area contributed by atoms with E-state index in [1.807, 2.05) is 55.6 Å². The molecule has 0 saturated carbocycles. The lowest BCUT2D eigenvalue weighted by Crippen LogP contribution is -2.39. The second-order valence-corrected chi connectivity index (χ2v) is 8.45. The third kappa shape index (κ3) is 6.52. The number of nitrogens with two attached hydrogens (primary N) is 1. The average Bonchev–Trinajstić information content (AvgIpc) is 3.18. The number of amides is 1. The van der Waals surface area contributed by atoms with Crippen LogP contribution in [-0.2, 0) is 10.3 Å². The van der Waals surface area contributed by atoms with Crippen molar-refractivity contribution in [2.24, 2.45) is 5.73 Å². The van der Waals surface area contributed by atoms with E-state index in [1.165, 1.54) is 5.56 Å². The van der Waals surface area contributed by atoms with Gasteiger partial charge in [0.15, 0.2) is 0 Å². The molecular formula is C21H28F3N5O3. The molecule has 8 nitrogen and oxygen atoms in total. The highest BCUT2D eigenvalue weighted by Crippen LogP contribution is 2.25. The van der Waals surface area contributed by atoms with E-state index in [-0.39, 0.29) is 11.9 Å². The fraction of sp³-hybridized carbons (Fsp3) is 0.524. The minimum atomic E-state index is -5.08. The molecule has 1 aromatic carbocycles. The molecule has 0 bridgehead atoms. The SMILES string of the molecule is Cc1ccc(C(=O)N2CCC(n3cc(C(C)(C)N)nn3)CC2)c(C)c1.O=C(O)C(F)(F)F. The zero-order valence-corrected chi connectivity index (χ0v) is 18.5. The Hall–Kier alpha value is -2.95. The Labute approximate surface area is 184 Å². The van der Waals surface area contributed by atoms with Crippen molar-refractivity contribution in [3.8, 4) is 0 Å². The number of aromatic nitrogens is 3. The first-order chi connectivity index (χ1) is 14.7. The van der Waals surface area contributed by atoms with Crippen molar-refractivity contribution in [1.29, 1.82) is 0 Å². The fourth-order valence-electron chi connectivity index (χ4n) is 3.31. The van der Waals surface area contributed by atoms with Gasteiger partial charge in [-0.2, -0.15) is 13.2 Å². The molecule has 0 spiro atoms. The summed E-state index contributed by atoms with van der Waals surface area (Å²) in [6.07, 6.45) is -1.39. The van der Waals surface area contributed by atoms with Crippen LogP contribution in [0.2, 0.25) is 0 Å². The summed E-state index contributed by atoms with van der Waals surface area (Å²) in [5.41, 5.74) is 9.41. The Morgan fingerprint density at radius 1 is 1.16 bits per heavy atom. The van der Waals surface area contributed by atoms with E-state index in [4.69, 9.17) is 15.6 Å². The average molecular weight is 455 g/mol. The third-order valence-corrected chi connectivity index (χ3v) is 5.15. The molecule has 1 fully saturated rings. The molecule has 1 saturated heterocycles. The van der Waals surface area contributed by atoms with E-state index in [0.717, 1.165) is 42.8 Å². The van der Waals surface area contributed by atoms with Crippen LogP contribution in [0.5, 0.6) is 0 Å². The second-order valence-electron chi connectivity index (χ2n) is 8.45. The lowest BCUT2D eigenvalue weighted by Gasteiger charge is -2.32. The Balaban J connectivity index is 0.000000451. The first-order valence-electron chi connectivity index (χ1n) is 10.1. The van der Waals surface area contributed by atoms with E-state index in [1.54, 1.807) is 0 Å². The lowest BCUT2D eigenvalue weighted by atomic mass is 10.0. The molecule has 3 rings (SSSR count). The van der Waals surface area contributed by atoms with Gasteiger partial charge >= 0.3 is 12.1 Å². The molecule has 3 N–H and O–H groups in total. The van der Waals surface area contributed by atoms with Crippen LogP contribution in [0.15, 0.2) is 24.4 Å². The van der Waals surface area contributed by atoms with Crippen LogP contribution in [-0.4, -0.2) is 56.1 Å². The van der Waals surface area contributed by atoms with Gasteiger partial charge in [0.1, 0.15) is 5.69 Å². The Kier molecular flexibility index (Phi) is 7.66. The topological polar surface area (TPSA) is 114 Å². The van der Waals surface area contributed by atoms with Gasteiger partial charge in [-0.25, -0.2) is 9.48 Å². The molecule has 1 aromatic heterocycles. The molecule has 176 valence electrons. The number of hydrogen-bond acceptors (Lipinski definition) is 5. The summed E-state index contributed by atoms with van der Waals surface area (Å²) in [5.74, 6) is -2.63. The molecule has 2 heterocycles. The number of halogens is 3. The first-order valence-corrected chi connectivity index (χ1v) is 10.1. The molecule has 1 aliphatic heterocycles. The predicted octanol–water partition coefficient (Wildman–Crippen LogP) is 3.20. The zero-order chi connectivity index (χ0) is 24.3. The molecular weight excluding hydrogens is 427 g/mol. The summed E-state index contributed by atoms with van der Waals surface area (Å²) in [6.45, 7) is 9.36. The van der Waals surface area contributed by atoms with Crippen molar-refractivity contribution in [3.63, 3.8) is 0 Å². The quantitative estimate of drug-likeness (QED) is 0.735. The van der Waals surface area contributed by atoms with Gasteiger partial charge in [-0.05, 0) is 52.2 Å². The first kappa shape index (κ1) is 25.3. The van der Waals surface area contributed by atoms with Crippen LogP contribution < -0.4 is 5.73 Å². The number of hydrogen-bond donors (Lipinski definition) is 2. The van der Waals surface area contributed by atoms with E-state index < -0.39 is 17.7 Å². The Bertz CT molecular complexity index is 958. The molecule has 2 aromatic rings. The number of carbonyl (C=O) groups excluding carboxylic acids is 1. The monoisotopic (exact) mass is 455 g/mol. The van der Waals surface area contributed by atoms with Crippen LogP contribution in [0.1, 0.15) is 59.9 Å². The van der Waals surface area contributed by atoms with Crippen LogP contribution in [0.4, 0.5) is 13.2 Å². The zero-order valence-electron chi connectivity index (χ0n) is 18.5. The van der Waals surface area contributed by atoms with Crippen molar-refractivity contribution in [1.82, 2.24) is 19.9 Å². The molecule has 0 unspecified atom stereocenters. The minimum absolute atomic E-state index is 0.123. The number of alkyl halides is 3. The summed E-state index contributed by atoms with van der Waals surface area (Å²) in [4.78, 5) is 23.6. The van der Waals surface area contributed by atoms with Crippen molar-refractivity contribution >= 4 is 11.9 Å². The molecule has 0 aliphatic carbocycles. The summed E-state index contributed by atoms with van der Waals surface area (Å²) in [5, 5.41) is 15.6. The largest absolute Gasteiger partial charge is 0.490 e. The van der Waals surface area contributed by atoms with Crippen molar-refractivity contribution in [2.45, 2.75) is 58.3 Å². The van der Waals surface area contributed by atoms with E-state index >= 15 is 0 Å². The maximum atomic E-state index is 12.8. The molecule has 0 atom stereocenters. The number of carboxylic acids is 1. The predicted molar refractivity (Wildman–Crippen MR) is 111 cm³/mol. The maximum absolute atomic E-state index is 12.8. The molecule has 0 radical (unpaired) electrons. The normalized spacial score (nSPS) is 15.2. The van der Waals surface area contributed by atoms with Crippen molar-refractivity contribution in [2.75, 3.05) is 13.1 Å². The van der Waals surface area contributed by atoms with Gasteiger partial charge in [0.05, 0.1) is 17.8 Å². The number of aliphatic carboxylic acids is 1. The summed E-state index contributed by atoms with van der Waals surface area (Å²) in [6, 6.07) is 6.27. The van der Waals surface area contributed by atoms with Crippen LogP contribution in [0.3, 0.4) is 0 Å². The summed E-state index contributed by atoms with van der Waals surface area (Å²) < 4.78 is 33.6. The lowest BCUT2D eigenvalue weighted by molar-refractivity contribution is -0.192. The number of nitrogens with zero attached hydrogens (tertiary/aromatic N) is 4. The van der Waals surface area contributed by atoms with Crippen molar-refractivity contribution < 1.29 is 27.9 Å². The van der Waals surface area contributed by atoms with Gasteiger partial charge < -0.3 is 15.7 Å². The van der Waals surface area contributed by atoms with Gasteiger partial charge in [-0.15, -0.1) is 5.10 Å². The van der Waals surface area contributed by atoms with E-state index in [2.05, 4.69) is 16.4 Å². The van der Waals surface area contributed by atoms with Gasteiger partial charge in [0, 0.05) is 18.7 Å². The fourth-order valence-corrected chi connectivity index (χ4v) is 3.31. The molecule has 32 heavy (non-hydrogen) atoms. The molecule has 1 amide bonds. The third-order valence-electron chi connectivity index (χ3n) is 5.15. The number of carbonyl (C=O) groups is 2. The van der Waals surface area contributed by atoms with Crippen molar-refractivity contribution in [3.05, 3.63) is 46.8 Å². The standard InChI is InChI=1S/C19H27N5O.C2HF3O2/c1-13-5-6-16(14(2)11-13)18(25)23-9-7-15(8-10-23)24-12-17(21-22-24)19(3,4)20;3-2(4,5)1(6)7/h5-6,11-12,15H,7-10,20H2,1-4H3;(H,6,7). The number of piperidine rings is 1. The minimum Gasteiger partial charge on any atom is -0.475 e. The summed E-state index contributed by atoms with van der Waals surface area (Å²) in [7, 11) is 0. The molecule has 11 heteroatoms. The highest BCUT2D eigenvalue weighted by Gasteiger charge is 2.38. The van der Waals surface area contributed by atoms with Crippen LogP contribution in [0.25, 0.3) is 0 Å². The van der Waals surface area contributed by atoms with Gasteiger partial charge in [-0.3, -0.25) is 4.79 Å². The van der Waals surface area contributed by atoms with E-state index in [0.29, 0.717) is 0 Å². The number of likely N-dealkylation sites (tertiary alicyclic amines) is 1. The maximum Gasteiger partial charge on any atom is 0.490 e. The smallest absolute Gasteiger partial charge is 0.475 e. The Morgan fingerprint density at radius 2 is 1.72 bits per heavy atom. The van der Waals surface area contributed by atoms with Gasteiger partial charge in [0.2, 0.25) is 0 Å². The number of rotatable bonds is 3. The number of benzene rings is 1. The van der Waals surface area contributed by atoms with E-state index in [9.17, 15) is 18.0 Å². The Morgan fingerprint density at radius 3 is 2.16 bits per heavy atom. The van der Waals surface area contributed by atoms with Gasteiger partial charge in [0.25, 0.3) is 5.91 Å². The number of aryl methyl sites for hydroxylation is 2. The highest BCUT2D eigenvalue weighted by atomic mass is 19.4. The highest BCUT2D eigenvalue weighted by molar-refractivity contribution is 5.95. The second kappa shape index (κ2) is 9.68. The molecule has 1 aliphatic rings.